The molecule has 0 amide bonds. The van der Waals surface area contributed by atoms with Crippen LogP contribution in [0.1, 0.15) is 12.0 Å². The molecule has 6 aromatic rings. The number of aromatic amines is 2. The van der Waals surface area contributed by atoms with Crippen LogP contribution in [0.3, 0.4) is 0 Å². The van der Waals surface area contributed by atoms with Crippen molar-refractivity contribution in [2.75, 3.05) is 13.1 Å². The topological polar surface area (TPSA) is 112 Å². The van der Waals surface area contributed by atoms with Gasteiger partial charge in [-0.15, -0.1) is 0 Å². The van der Waals surface area contributed by atoms with E-state index in [1.54, 1.807) is 42.1 Å². The maximum atomic E-state index is 13.6. The number of H-pyrrole nitrogens is 2. The van der Waals surface area contributed by atoms with Gasteiger partial charge in [0.1, 0.15) is 5.69 Å². The lowest BCUT2D eigenvalue weighted by molar-refractivity contribution is 0.0115. The highest BCUT2D eigenvalue weighted by atomic mass is 19.3. The molecule has 0 bridgehead atoms. The highest BCUT2D eigenvalue weighted by Gasteiger charge is 2.37. The molecule has 0 aromatic carbocycles. The molecule has 11 heteroatoms. The Morgan fingerprint density at radius 3 is 2.74 bits per heavy atom. The normalized spacial score (nSPS) is 15.5. The van der Waals surface area contributed by atoms with Gasteiger partial charge >= 0.3 is 0 Å². The molecule has 188 valence electrons. The molecular formula is C27H21F2N9. The molecule has 2 N–H and O–H groups in total. The van der Waals surface area contributed by atoms with Crippen LogP contribution in [-0.4, -0.2) is 64.0 Å². The molecule has 0 unspecified atom stereocenters. The lowest BCUT2D eigenvalue weighted by Gasteiger charge is -2.15. The number of aromatic nitrogens is 8. The number of rotatable bonds is 5. The smallest absolute Gasteiger partial charge is 0.261 e. The molecule has 9 nitrogen and oxygen atoms in total. The Morgan fingerprint density at radius 2 is 1.89 bits per heavy atom. The van der Waals surface area contributed by atoms with E-state index in [4.69, 9.17) is 4.98 Å². The van der Waals surface area contributed by atoms with Gasteiger partial charge in [-0.2, -0.15) is 5.10 Å². The summed E-state index contributed by atoms with van der Waals surface area (Å²) in [6.45, 7) is 0.560. The number of likely N-dealkylation sites (tertiary alicyclic amines) is 1. The summed E-state index contributed by atoms with van der Waals surface area (Å²) in [4.78, 5) is 27.4. The lowest BCUT2D eigenvalue weighted by atomic mass is 10.1. The number of hydrogen-bond acceptors (Lipinski definition) is 7. The number of nitrogens with zero attached hydrogens (tertiary/aromatic N) is 7. The van der Waals surface area contributed by atoms with E-state index >= 15 is 0 Å². The van der Waals surface area contributed by atoms with Crippen LogP contribution in [0.25, 0.3) is 56.0 Å². The standard InChI is InChI=1S/C27H21F2N9/c28-27(29)4-7-38(15-27)14-16-8-18(12-31-10-16)21-9-20-22(13-33-21)36-37-24(20)26-34-23-19(3-6-32-25(23)35-26)17-2-1-5-30-11-17/h1-3,5-6,8-13H,4,7,14-15H2,(H,36,37)(H,32,34,35). The predicted octanol–water partition coefficient (Wildman–Crippen LogP) is 4.86. The van der Waals surface area contributed by atoms with Crippen LogP contribution in [0.4, 0.5) is 8.78 Å². The SMILES string of the molecule is FC1(F)CCN(Cc2cncc(-c3cc4c(-c5nc6nccc(-c7cccnc7)c6[nH]5)n[nH]c4cn3)c2)C1. The summed E-state index contributed by atoms with van der Waals surface area (Å²) >= 11 is 0. The first-order valence-corrected chi connectivity index (χ1v) is 12.2. The van der Waals surface area contributed by atoms with Crippen LogP contribution >= 0.6 is 0 Å². The molecule has 1 saturated heterocycles. The van der Waals surface area contributed by atoms with Gasteiger partial charge in [0, 0.05) is 72.6 Å². The number of hydrogen-bond donors (Lipinski definition) is 2. The first-order valence-electron chi connectivity index (χ1n) is 12.2. The minimum atomic E-state index is -2.62. The van der Waals surface area contributed by atoms with E-state index in [0.717, 1.165) is 38.7 Å². The number of imidazole rings is 1. The second kappa shape index (κ2) is 8.73. The van der Waals surface area contributed by atoms with Gasteiger partial charge in [0.25, 0.3) is 5.92 Å². The average Bonchev–Trinajstić information content (AvgIpc) is 3.64. The quantitative estimate of drug-likeness (QED) is 0.341. The Hall–Kier alpha value is -4.64. The molecule has 0 aliphatic carbocycles. The van der Waals surface area contributed by atoms with E-state index in [1.165, 1.54) is 0 Å². The third-order valence-electron chi connectivity index (χ3n) is 6.78. The summed E-state index contributed by atoms with van der Waals surface area (Å²) in [7, 11) is 0. The molecule has 1 aliphatic heterocycles. The maximum Gasteiger partial charge on any atom is 0.261 e. The van der Waals surface area contributed by atoms with Crippen LogP contribution in [0.2, 0.25) is 0 Å². The number of alkyl halides is 2. The molecule has 7 heterocycles. The van der Waals surface area contributed by atoms with Gasteiger partial charge in [-0.25, -0.2) is 18.7 Å². The summed E-state index contributed by atoms with van der Waals surface area (Å²) in [5.74, 6) is -2.05. The Balaban J connectivity index is 1.24. The van der Waals surface area contributed by atoms with E-state index in [0.29, 0.717) is 35.9 Å². The minimum absolute atomic E-state index is 0.108. The third-order valence-corrected chi connectivity index (χ3v) is 6.78. The van der Waals surface area contributed by atoms with Gasteiger partial charge in [-0.1, -0.05) is 6.07 Å². The minimum Gasteiger partial charge on any atom is -0.335 e. The molecule has 0 spiro atoms. The number of halogens is 2. The summed E-state index contributed by atoms with van der Waals surface area (Å²) in [5.41, 5.74) is 7.04. The number of nitrogens with one attached hydrogen (secondary N) is 2. The van der Waals surface area contributed by atoms with E-state index in [-0.39, 0.29) is 13.0 Å². The second-order valence-electron chi connectivity index (χ2n) is 9.47. The third kappa shape index (κ3) is 4.06. The van der Waals surface area contributed by atoms with Crippen molar-refractivity contribution in [3.05, 3.63) is 73.1 Å². The number of pyridine rings is 4. The summed E-state index contributed by atoms with van der Waals surface area (Å²) in [6, 6.07) is 9.68. The fraction of sp³-hybridized carbons (Fsp3) is 0.185. The summed E-state index contributed by atoms with van der Waals surface area (Å²) < 4.78 is 27.2. The molecular weight excluding hydrogens is 488 g/mol. The van der Waals surface area contributed by atoms with Crippen LogP contribution < -0.4 is 0 Å². The molecule has 6 aromatic heterocycles. The molecule has 0 atom stereocenters. The highest BCUT2D eigenvalue weighted by Crippen LogP contribution is 2.32. The van der Waals surface area contributed by atoms with Crippen molar-refractivity contribution in [3.8, 4) is 33.9 Å². The fourth-order valence-electron chi connectivity index (χ4n) is 4.96. The van der Waals surface area contributed by atoms with Gasteiger partial charge in [0.2, 0.25) is 0 Å². The number of fused-ring (bicyclic) bond motifs is 2. The van der Waals surface area contributed by atoms with Gasteiger partial charge in [-0.3, -0.25) is 25.0 Å². The predicted molar refractivity (Wildman–Crippen MR) is 138 cm³/mol. The molecule has 0 saturated carbocycles. The Bertz CT molecular complexity index is 1780. The van der Waals surface area contributed by atoms with Gasteiger partial charge in [-0.05, 0) is 29.8 Å². The highest BCUT2D eigenvalue weighted by molar-refractivity contribution is 5.96. The van der Waals surface area contributed by atoms with Crippen LogP contribution in [0.5, 0.6) is 0 Å². The molecule has 38 heavy (non-hydrogen) atoms. The molecule has 1 aliphatic rings. The van der Waals surface area contributed by atoms with Crippen molar-refractivity contribution in [2.24, 2.45) is 0 Å². The average molecular weight is 510 g/mol. The molecule has 0 radical (unpaired) electrons. The van der Waals surface area contributed by atoms with Crippen LogP contribution in [0.15, 0.2) is 67.5 Å². The first kappa shape index (κ1) is 22.5. The van der Waals surface area contributed by atoms with E-state index in [1.807, 2.05) is 30.3 Å². The monoisotopic (exact) mass is 509 g/mol. The van der Waals surface area contributed by atoms with Crippen molar-refractivity contribution < 1.29 is 8.78 Å². The van der Waals surface area contributed by atoms with Gasteiger partial charge < -0.3 is 4.98 Å². The van der Waals surface area contributed by atoms with Crippen molar-refractivity contribution in [2.45, 2.75) is 18.9 Å². The molecule has 7 rings (SSSR count). The second-order valence-corrected chi connectivity index (χ2v) is 9.47. The zero-order chi connectivity index (χ0) is 25.7. The fourth-order valence-corrected chi connectivity index (χ4v) is 4.96. The Labute approximate surface area is 215 Å². The molecule has 1 fully saturated rings. The Kier molecular flexibility index (Phi) is 5.18. The van der Waals surface area contributed by atoms with E-state index in [9.17, 15) is 8.78 Å². The van der Waals surface area contributed by atoms with Crippen molar-refractivity contribution in [1.82, 2.24) is 45.0 Å². The van der Waals surface area contributed by atoms with E-state index in [2.05, 4.69) is 35.1 Å². The zero-order valence-electron chi connectivity index (χ0n) is 20.1. The zero-order valence-corrected chi connectivity index (χ0v) is 20.1. The largest absolute Gasteiger partial charge is 0.335 e. The lowest BCUT2D eigenvalue weighted by Crippen LogP contribution is -2.24. The van der Waals surface area contributed by atoms with Gasteiger partial charge in [0.15, 0.2) is 11.5 Å². The van der Waals surface area contributed by atoms with Gasteiger partial charge in [0.05, 0.1) is 29.5 Å². The van der Waals surface area contributed by atoms with Crippen molar-refractivity contribution in [1.29, 1.82) is 0 Å². The van der Waals surface area contributed by atoms with Crippen LogP contribution in [0, 0.1) is 0 Å². The van der Waals surface area contributed by atoms with Crippen LogP contribution in [-0.2, 0) is 6.54 Å². The maximum absolute atomic E-state index is 13.6. The summed E-state index contributed by atoms with van der Waals surface area (Å²) in [5, 5.41) is 8.37. The Morgan fingerprint density at radius 1 is 0.974 bits per heavy atom. The van der Waals surface area contributed by atoms with E-state index < -0.39 is 5.92 Å². The first-order chi connectivity index (χ1) is 18.5. The van der Waals surface area contributed by atoms with Crippen molar-refractivity contribution >= 4 is 22.1 Å². The van der Waals surface area contributed by atoms with Crippen molar-refractivity contribution in [3.63, 3.8) is 0 Å². The summed E-state index contributed by atoms with van der Waals surface area (Å²) in [6.07, 6.45) is 10.3.